The molecule has 0 unspecified atom stereocenters. The Morgan fingerprint density at radius 2 is 1.86 bits per heavy atom. The molecule has 1 aliphatic carbocycles. The lowest BCUT2D eigenvalue weighted by molar-refractivity contribution is -0.304. The largest absolute Gasteiger partial charge is 0.387 e. The van der Waals surface area contributed by atoms with E-state index in [1.165, 1.54) is 26.0 Å². The maximum Gasteiger partial charge on any atom is 0.202 e. The molecule has 1 fully saturated rings. The van der Waals surface area contributed by atoms with Crippen molar-refractivity contribution in [2.75, 3.05) is 7.11 Å². The number of aliphatic hydroxyl groups is 5. The quantitative estimate of drug-likeness (QED) is 0.389. The molecule has 0 amide bonds. The third-order valence-corrected chi connectivity index (χ3v) is 4.04. The average Bonchev–Trinajstić information content (AvgIpc) is 2.96. The summed E-state index contributed by atoms with van der Waals surface area (Å²) in [5.41, 5.74) is -1.77. The van der Waals surface area contributed by atoms with Crippen molar-refractivity contribution in [1.82, 2.24) is 19.5 Å². The second kappa shape index (κ2) is 5.19. The van der Waals surface area contributed by atoms with Crippen LogP contribution in [0.15, 0.2) is 18.9 Å². The van der Waals surface area contributed by atoms with E-state index >= 15 is 0 Å². The van der Waals surface area contributed by atoms with E-state index in [1.54, 1.807) is 0 Å². The van der Waals surface area contributed by atoms with E-state index in [0.29, 0.717) is 5.52 Å². The summed E-state index contributed by atoms with van der Waals surface area (Å²) in [5.74, 6) is 0. The Hall–Kier alpha value is -1.69. The van der Waals surface area contributed by atoms with Gasteiger partial charge in [-0.3, -0.25) is 4.57 Å². The van der Waals surface area contributed by atoms with Crippen LogP contribution in [0.25, 0.3) is 11.2 Å². The fourth-order valence-corrected chi connectivity index (χ4v) is 2.86. The summed E-state index contributed by atoms with van der Waals surface area (Å²) in [6, 6.07) is 0. The minimum Gasteiger partial charge on any atom is -0.387 e. The molecule has 1 aliphatic rings. The van der Waals surface area contributed by atoms with Gasteiger partial charge in [0, 0.05) is 7.11 Å². The van der Waals surface area contributed by atoms with Crippen LogP contribution >= 0.6 is 0 Å². The predicted molar refractivity (Wildman–Crippen MR) is 70.3 cm³/mol. The summed E-state index contributed by atoms with van der Waals surface area (Å²) in [6.07, 6.45) is -4.55. The average molecular weight is 312 g/mol. The van der Waals surface area contributed by atoms with Crippen molar-refractivity contribution in [1.29, 1.82) is 0 Å². The maximum absolute atomic E-state index is 11.0. The van der Waals surface area contributed by atoms with E-state index in [-0.39, 0.29) is 5.65 Å². The van der Waals surface area contributed by atoms with Gasteiger partial charge in [0.1, 0.15) is 42.4 Å². The van der Waals surface area contributed by atoms with Gasteiger partial charge >= 0.3 is 0 Å². The highest BCUT2D eigenvalue weighted by atomic mass is 16.5. The third-order valence-electron chi connectivity index (χ3n) is 4.04. The van der Waals surface area contributed by atoms with Crippen molar-refractivity contribution in [3.63, 3.8) is 0 Å². The van der Waals surface area contributed by atoms with Crippen LogP contribution in [0.2, 0.25) is 0 Å². The molecule has 2 heterocycles. The molecular formula is C12H16N4O6. The molecule has 10 heteroatoms. The Kier molecular flexibility index (Phi) is 3.59. The lowest BCUT2D eigenvalue weighted by Crippen LogP contribution is -2.71. The molecule has 5 N–H and O–H groups in total. The summed E-state index contributed by atoms with van der Waals surface area (Å²) in [5, 5.41) is 51.0. The zero-order chi connectivity index (χ0) is 16.1. The molecule has 2 aromatic heterocycles. The smallest absolute Gasteiger partial charge is 0.202 e. The molecule has 0 aliphatic heterocycles. The lowest BCUT2D eigenvalue weighted by atomic mass is 9.79. The highest BCUT2D eigenvalue weighted by Gasteiger charge is 2.60. The fourth-order valence-electron chi connectivity index (χ4n) is 2.86. The molecule has 3 rings (SSSR count). The monoisotopic (exact) mass is 312 g/mol. The van der Waals surface area contributed by atoms with Crippen LogP contribution in [-0.2, 0) is 10.5 Å². The second-order valence-corrected chi connectivity index (χ2v) is 5.20. The van der Waals surface area contributed by atoms with Crippen LogP contribution in [0.5, 0.6) is 0 Å². The Morgan fingerprint density at radius 1 is 1.14 bits per heavy atom. The fraction of sp³-hybridized carbons (Fsp3) is 0.583. The molecule has 0 aromatic carbocycles. The van der Waals surface area contributed by atoms with Crippen LogP contribution < -0.4 is 0 Å². The predicted octanol–water partition coefficient (Wildman–Crippen LogP) is -3.06. The summed E-state index contributed by atoms with van der Waals surface area (Å²) < 4.78 is 6.14. The molecule has 1 saturated carbocycles. The second-order valence-electron chi connectivity index (χ2n) is 5.20. The van der Waals surface area contributed by atoms with Crippen molar-refractivity contribution >= 4 is 11.2 Å². The minimum atomic E-state index is -2.28. The first-order chi connectivity index (χ1) is 10.4. The molecule has 22 heavy (non-hydrogen) atoms. The Morgan fingerprint density at radius 3 is 2.55 bits per heavy atom. The normalized spacial score (nSPS) is 39.3. The maximum atomic E-state index is 11.0. The molecule has 2 aromatic rings. The van der Waals surface area contributed by atoms with Gasteiger partial charge in [-0.15, -0.1) is 0 Å². The number of methoxy groups -OCH3 is 1. The zero-order valence-corrected chi connectivity index (χ0v) is 11.6. The summed E-state index contributed by atoms with van der Waals surface area (Å²) in [7, 11) is 1.20. The van der Waals surface area contributed by atoms with Crippen LogP contribution in [-0.4, -0.2) is 82.7 Å². The summed E-state index contributed by atoms with van der Waals surface area (Å²) in [6.45, 7) is 0. The third kappa shape index (κ3) is 1.86. The van der Waals surface area contributed by atoms with Crippen molar-refractivity contribution in [2.45, 2.75) is 36.2 Å². The van der Waals surface area contributed by atoms with Crippen molar-refractivity contribution in [2.24, 2.45) is 0 Å². The highest BCUT2D eigenvalue weighted by molar-refractivity contribution is 5.69. The minimum absolute atomic E-state index is 0.175. The van der Waals surface area contributed by atoms with Gasteiger partial charge in [-0.2, -0.15) is 0 Å². The van der Waals surface area contributed by atoms with Gasteiger partial charge < -0.3 is 30.3 Å². The zero-order valence-electron chi connectivity index (χ0n) is 11.6. The van der Waals surface area contributed by atoms with Gasteiger partial charge in [0.2, 0.25) is 5.72 Å². The topological polar surface area (TPSA) is 154 Å². The number of ether oxygens (including phenoxy) is 1. The summed E-state index contributed by atoms with van der Waals surface area (Å²) >= 11 is 0. The van der Waals surface area contributed by atoms with E-state index < -0.39 is 36.2 Å². The van der Waals surface area contributed by atoms with Crippen LogP contribution in [0.1, 0.15) is 0 Å². The SMILES string of the molecule is CO[C@@H]1[C@H](O)[C@H](O)[C@@H](O)[C@H](O)[C@]1(O)n1cnc2cncnc21. The number of hydrogen-bond donors (Lipinski definition) is 5. The number of hydrogen-bond acceptors (Lipinski definition) is 9. The van der Waals surface area contributed by atoms with Gasteiger partial charge in [0.05, 0.1) is 12.5 Å². The van der Waals surface area contributed by atoms with Crippen molar-refractivity contribution < 1.29 is 30.3 Å². The molecule has 120 valence electrons. The first kappa shape index (κ1) is 15.2. The Bertz CT molecular complexity index is 680. The standard InChI is InChI=1S/C12H16N4O6/c1-22-10-8(19)6(17)7(18)9(20)12(10,21)16-4-15-5-2-13-3-14-11(5)16/h2-4,6-10,17-21H,1H3/t6-,7-,8-,9+,10-,12-/m1/s1. The van der Waals surface area contributed by atoms with Crippen molar-refractivity contribution in [3.05, 3.63) is 18.9 Å². The first-order valence-electron chi connectivity index (χ1n) is 6.54. The number of rotatable bonds is 2. The van der Waals surface area contributed by atoms with Crippen LogP contribution in [0, 0.1) is 0 Å². The number of fused-ring (bicyclic) bond motifs is 1. The Balaban J connectivity index is 2.19. The van der Waals surface area contributed by atoms with E-state index in [4.69, 9.17) is 4.74 Å². The van der Waals surface area contributed by atoms with Gasteiger partial charge in [0.25, 0.3) is 0 Å². The van der Waals surface area contributed by atoms with Gasteiger partial charge in [-0.25, -0.2) is 15.0 Å². The van der Waals surface area contributed by atoms with E-state index in [0.717, 1.165) is 4.57 Å². The number of nitrogens with zero attached hydrogens (tertiary/aromatic N) is 4. The number of imidazole rings is 1. The lowest BCUT2D eigenvalue weighted by Gasteiger charge is -2.49. The molecule has 6 atom stereocenters. The van der Waals surface area contributed by atoms with Gasteiger partial charge in [-0.1, -0.05) is 0 Å². The van der Waals surface area contributed by atoms with Gasteiger partial charge in [-0.05, 0) is 0 Å². The Labute approximate surface area is 124 Å². The van der Waals surface area contributed by atoms with Crippen LogP contribution in [0.3, 0.4) is 0 Å². The van der Waals surface area contributed by atoms with Crippen LogP contribution in [0.4, 0.5) is 0 Å². The molecule has 0 saturated heterocycles. The molecule has 0 bridgehead atoms. The number of aromatic nitrogens is 4. The van der Waals surface area contributed by atoms with E-state index in [9.17, 15) is 25.5 Å². The van der Waals surface area contributed by atoms with Gasteiger partial charge in [0.15, 0.2) is 5.65 Å². The molecular weight excluding hydrogens is 296 g/mol. The molecule has 10 nitrogen and oxygen atoms in total. The number of aliphatic hydroxyl groups excluding tert-OH is 4. The first-order valence-corrected chi connectivity index (χ1v) is 6.54. The van der Waals surface area contributed by atoms with E-state index in [2.05, 4.69) is 15.0 Å². The van der Waals surface area contributed by atoms with Crippen molar-refractivity contribution in [3.8, 4) is 0 Å². The molecule has 0 spiro atoms. The highest BCUT2D eigenvalue weighted by Crippen LogP contribution is 2.37. The molecule has 0 radical (unpaired) electrons. The van der Waals surface area contributed by atoms with E-state index in [1.807, 2.05) is 0 Å². The summed E-state index contributed by atoms with van der Waals surface area (Å²) in [4.78, 5) is 11.8.